The predicted molar refractivity (Wildman–Crippen MR) is 137 cm³/mol. The van der Waals surface area contributed by atoms with Crippen molar-refractivity contribution in [2.75, 3.05) is 22.1 Å². The zero-order valence-corrected chi connectivity index (χ0v) is 20.7. The number of halogens is 2. The van der Waals surface area contributed by atoms with Crippen molar-refractivity contribution in [1.82, 2.24) is 0 Å². The number of ether oxygens (including phenoxy) is 2. The zero-order valence-electron chi connectivity index (χ0n) is 16.3. The van der Waals surface area contributed by atoms with Crippen LogP contribution in [0.2, 0.25) is 0 Å². The van der Waals surface area contributed by atoms with Gasteiger partial charge in [0.25, 0.3) is 0 Å². The maximum absolute atomic E-state index is 6.87. The van der Waals surface area contributed by atoms with E-state index in [9.17, 15) is 0 Å². The molecule has 0 radical (unpaired) electrons. The van der Waals surface area contributed by atoms with Gasteiger partial charge >= 0.3 is 0 Å². The lowest BCUT2D eigenvalue weighted by Crippen LogP contribution is -2.36. The summed E-state index contributed by atoms with van der Waals surface area (Å²) in [6.45, 7) is 1.29. The Bertz CT molecular complexity index is 729. The maximum Gasteiger partial charge on any atom is 0.143 e. The summed E-state index contributed by atoms with van der Waals surface area (Å²) >= 11 is 4.77. The van der Waals surface area contributed by atoms with Gasteiger partial charge < -0.3 is 9.47 Å². The van der Waals surface area contributed by atoms with Crippen LogP contribution in [-0.2, 0) is 15.1 Å². The SMILES string of the molecule is ICCOC(CCI)COC(c1ccccc1)(c1ccccc1)c1ccccc1. The fourth-order valence-electron chi connectivity index (χ4n) is 3.53. The van der Waals surface area contributed by atoms with Crippen LogP contribution >= 0.6 is 45.2 Å². The molecule has 0 aromatic heterocycles. The molecule has 0 aliphatic carbocycles. The fraction of sp³-hybridized carbons (Fsp3) is 0.280. The molecule has 3 aromatic carbocycles. The molecule has 29 heavy (non-hydrogen) atoms. The van der Waals surface area contributed by atoms with E-state index in [0.29, 0.717) is 6.61 Å². The number of alkyl halides is 2. The van der Waals surface area contributed by atoms with E-state index in [0.717, 1.165) is 38.6 Å². The van der Waals surface area contributed by atoms with Gasteiger partial charge in [0.2, 0.25) is 0 Å². The molecule has 3 aromatic rings. The van der Waals surface area contributed by atoms with Crippen LogP contribution in [-0.4, -0.2) is 28.2 Å². The Hall–Kier alpha value is -0.960. The minimum Gasteiger partial charge on any atom is -0.375 e. The first-order chi connectivity index (χ1) is 14.3. The van der Waals surface area contributed by atoms with Gasteiger partial charge in [0.05, 0.1) is 19.3 Å². The molecule has 0 aliphatic rings. The van der Waals surface area contributed by atoms with Crippen LogP contribution < -0.4 is 0 Å². The highest BCUT2D eigenvalue weighted by atomic mass is 127. The van der Waals surface area contributed by atoms with Gasteiger partial charge in [0, 0.05) is 8.86 Å². The fourth-order valence-corrected chi connectivity index (χ4v) is 4.48. The Kier molecular flexibility index (Phi) is 9.42. The highest BCUT2D eigenvalue weighted by molar-refractivity contribution is 14.1. The molecule has 0 saturated carbocycles. The van der Waals surface area contributed by atoms with Gasteiger partial charge in [-0.25, -0.2) is 0 Å². The summed E-state index contributed by atoms with van der Waals surface area (Å²) in [6.07, 6.45) is 1.06. The van der Waals surface area contributed by atoms with Crippen LogP contribution in [0.3, 0.4) is 0 Å². The summed E-state index contributed by atoms with van der Waals surface area (Å²) < 4.78 is 15.0. The molecule has 0 saturated heterocycles. The van der Waals surface area contributed by atoms with Gasteiger partial charge in [0.1, 0.15) is 5.60 Å². The van der Waals surface area contributed by atoms with Gasteiger partial charge in [-0.1, -0.05) is 136 Å². The molecular formula is C25H26I2O2. The van der Waals surface area contributed by atoms with Crippen LogP contribution in [0.1, 0.15) is 23.1 Å². The Morgan fingerprint density at radius 1 is 0.655 bits per heavy atom. The van der Waals surface area contributed by atoms with Crippen molar-refractivity contribution in [3.05, 3.63) is 108 Å². The van der Waals surface area contributed by atoms with E-state index in [-0.39, 0.29) is 6.10 Å². The number of hydrogen-bond acceptors (Lipinski definition) is 2. The third-order valence-electron chi connectivity index (χ3n) is 4.89. The van der Waals surface area contributed by atoms with Crippen LogP contribution in [0.15, 0.2) is 91.0 Å². The van der Waals surface area contributed by atoms with Crippen molar-refractivity contribution in [3.63, 3.8) is 0 Å². The molecule has 0 N–H and O–H groups in total. The molecule has 2 nitrogen and oxygen atoms in total. The molecule has 0 heterocycles. The zero-order chi connectivity index (χ0) is 20.4. The van der Waals surface area contributed by atoms with E-state index in [1.807, 2.05) is 18.2 Å². The molecule has 0 aliphatic heterocycles. The van der Waals surface area contributed by atoms with Gasteiger partial charge in [0.15, 0.2) is 0 Å². The van der Waals surface area contributed by atoms with E-state index >= 15 is 0 Å². The van der Waals surface area contributed by atoms with Crippen molar-refractivity contribution in [1.29, 1.82) is 0 Å². The monoisotopic (exact) mass is 612 g/mol. The summed E-state index contributed by atoms with van der Waals surface area (Å²) in [6, 6.07) is 31.5. The lowest BCUT2D eigenvalue weighted by molar-refractivity contribution is -0.0616. The smallest absolute Gasteiger partial charge is 0.143 e. The topological polar surface area (TPSA) is 18.5 Å². The van der Waals surface area contributed by atoms with E-state index in [2.05, 4.69) is 118 Å². The summed E-state index contributed by atoms with van der Waals surface area (Å²) in [4.78, 5) is 0. The first kappa shape index (κ1) is 22.7. The van der Waals surface area contributed by atoms with Crippen molar-refractivity contribution in [2.45, 2.75) is 18.1 Å². The molecule has 1 unspecified atom stereocenters. The van der Waals surface area contributed by atoms with Gasteiger partial charge in [-0.05, 0) is 23.1 Å². The van der Waals surface area contributed by atoms with Crippen LogP contribution in [0.25, 0.3) is 0 Å². The largest absolute Gasteiger partial charge is 0.375 e. The summed E-state index contributed by atoms with van der Waals surface area (Å²) in [5.41, 5.74) is 2.69. The minimum absolute atomic E-state index is 0.0807. The van der Waals surface area contributed by atoms with E-state index in [4.69, 9.17) is 9.47 Å². The second kappa shape index (κ2) is 12.0. The third-order valence-corrected chi connectivity index (χ3v) is 5.95. The Morgan fingerprint density at radius 3 is 1.48 bits per heavy atom. The Balaban J connectivity index is 2.07. The van der Waals surface area contributed by atoms with Gasteiger partial charge in [-0.3, -0.25) is 0 Å². The standard InChI is InChI=1S/C25H26I2O2/c26-17-16-24(28-19-18-27)20-29-25(21-10-4-1-5-11-21,22-12-6-2-7-13-22)23-14-8-3-9-15-23/h1-15,24H,16-20H2. The van der Waals surface area contributed by atoms with Gasteiger partial charge in [-0.2, -0.15) is 0 Å². The molecule has 0 bridgehead atoms. The first-order valence-corrected chi connectivity index (χ1v) is 12.9. The predicted octanol–water partition coefficient (Wildman–Crippen LogP) is 6.64. The minimum atomic E-state index is -0.680. The van der Waals surface area contributed by atoms with E-state index in [1.54, 1.807) is 0 Å². The number of rotatable bonds is 11. The van der Waals surface area contributed by atoms with E-state index < -0.39 is 5.60 Å². The maximum atomic E-state index is 6.87. The molecule has 152 valence electrons. The van der Waals surface area contributed by atoms with Crippen molar-refractivity contribution >= 4 is 45.2 Å². The molecule has 1 atom stereocenters. The Morgan fingerprint density at radius 2 is 1.10 bits per heavy atom. The second-order valence-corrected chi connectivity index (χ2v) is 8.91. The van der Waals surface area contributed by atoms with Crippen molar-refractivity contribution < 1.29 is 9.47 Å². The quantitative estimate of drug-likeness (QED) is 0.137. The lowest BCUT2D eigenvalue weighted by Gasteiger charge is -2.37. The van der Waals surface area contributed by atoms with Crippen LogP contribution in [0, 0.1) is 0 Å². The highest BCUT2D eigenvalue weighted by Gasteiger charge is 2.38. The van der Waals surface area contributed by atoms with Crippen LogP contribution in [0.5, 0.6) is 0 Å². The molecular weight excluding hydrogens is 586 g/mol. The molecule has 0 amide bonds. The molecule has 3 rings (SSSR count). The normalized spacial score (nSPS) is 12.6. The van der Waals surface area contributed by atoms with Crippen LogP contribution in [0.4, 0.5) is 0 Å². The average Bonchev–Trinajstić information content (AvgIpc) is 2.80. The lowest BCUT2D eigenvalue weighted by atomic mass is 9.80. The summed E-state index contributed by atoms with van der Waals surface area (Å²) in [5, 5.41) is 0. The molecule has 0 fully saturated rings. The highest BCUT2D eigenvalue weighted by Crippen LogP contribution is 2.40. The van der Waals surface area contributed by atoms with Crippen molar-refractivity contribution in [3.8, 4) is 0 Å². The summed E-state index contributed by atoms with van der Waals surface area (Å²) in [7, 11) is 0. The molecule has 4 heteroatoms. The number of hydrogen-bond donors (Lipinski definition) is 0. The average molecular weight is 612 g/mol. The summed E-state index contributed by atoms with van der Waals surface area (Å²) in [5.74, 6) is 0. The number of benzene rings is 3. The second-order valence-electron chi connectivity index (χ2n) is 6.75. The van der Waals surface area contributed by atoms with Crippen molar-refractivity contribution in [2.24, 2.45) is 0 Å². The van der Waals surface area contributed by atoms with E-state index in [1.165, 1.54) is 0 Å². The van der Waals surface area contributed by atoms with Gasteiger partial charge in [-0.15, -0.1) is 0 Å². The Labute approximate surface area is 201 Å². The molecule has 0 spiro atoms. The first-order valence-electron chi connectivity index (χ1n) is 9.85. The third kappa shape index (κ3) is 5.81.